The van der Waals surface area contributed by atoms with Gasteiger partial charge < -0.3 is 4.57 Å². The van der Waals surface area contributed by atoms with Crippen molar-refractivity contribution in [3.63, 3.8) is 0 Å². The summed E-state index contributed by atoms with van der Waals surface area (Å²) in [6, 6.07) is 8.32. The third-order valence-electron chi connectivity index (χ3n) is 2.57. The van der Waals surface area contributed by atoms with Crippen molar-refractivity contribution in [3.05, 3.63) is 35.5 Å². The van der Waals surface area contributed by atoms with E-state index in [1.54, 1.807) is 5.37 Å². The van der Waals surface area contributed by atoms with Gasteiger partial charge in [0.25, 0.3) is 0 Å². The minimum absolute atomic E-state index is 1.17. The first-order valence-electron chi connectivity index (χ1n) is 4.25. The van der Waals surface area contributed by atoms with Crippen LogP contribution in [0.4, 0.5) is 0 Å². The first-order chi connectivity index (χ1) is 6.25. The molecule has 1 heterocycles. The van der Waals surface area contributed by atoms with Crippen LogP contribution in [0.5, 0.6) is 0 Å². The van der Waals surface area contributed by atoms with Gasteiger partial charge in [-0.3, -0.25) is 0 Å². The van der Waals surface area contributed by atoms with E-state index in [0.29, 0.717) is 0 Å². The first-order valence-corrected chi connectivity index (χ1v) is 4.72. The van der Waals surface area contributed by atoms with Gasteiger partial charge in [0.15, 0.2) is 0 Å². The maximum absolute atomic E-state index is 5.01. The number of para-hydroxylation sites is 1. The molecule has 0 saturated heterocycles. The number of aryl methyl sites for hydroxylation is 1. The molecule has 0 saturated carbocycles. The highest BCUT2D eigenvalue weighted by molar-refractivity contribution is 7.79. The molecule has 0 atom stereocenters. The van der Waals surface area contributed by atoms with Crippen LogP contribution in [0.1, 0.15) is 11.3 Å². The van der Waals surface area contributed by atoms with Crippen LogP contribution >= 0.6 is 12.2 Å². The summed E-state index contributed by atoms with van der Waals surface area (Å²) in [5, 5.41) is 3.01. The van der Waals surface area contributed by atoms with E-state index in [2.05, 4.69) is 36.7 Å². The van der Waals surface area contributed by atoms with E-state index in [1.165, 1.54) is 22.2 Å². The summed E-state index contributed by atoms with van der Waals surface area (Å²) in [5.74, 6) is 0. The average Bonchev–Trinajstić information content (AvgIpc) is 2.41. The highest BCUT2D eigenvalue weighted by Crippen LogP contribution is 2.22. The fourth-order valence-electron chi connectivity index (χ4n) is 1.70. The largest absolute Gasteiger partial charge is 0.347 e. The van der Waals surface area contributed by atoms with Crippen molar-refractivity contribution in [2.45, 2.75) is 6.92 Å². The number of hydrogen-bond acceptors (Lipinski definition) is 1. The number of fused-ring (bicyclic) bond motifs is 1. The fourth-order valence-corrected chi connectivity index (χ4v) is 2.00. The smallest absolute Gasteiger partial charge is 0.0486 e. The molecule has 66 valence electrons. The third kappa shape index (κ3) is 1.10. The highest BCUT2D eigenvalue weighted by Gasteiger charge is 2.07. The molecule has 0 fully saturated rings. The van der Waals surface area contributed by atoms with Crippen LogP contribution < -0.4 is 0 Å². The zero-order chi connectivity index (χ0) is 9.42. The van der Waals surface area contributed by atoms with Crippen molar-refractivity contribution in [2.75, 3.05) is 0 Å². The summed E-state index contributed by atoms with van der Waals surface area (Å²) in [4.78, 5) is 0. The number of thiocarbonyl (C=S) groups is 1. The lowest BCUT2D eigenvalue weighted by Gasteiger charge is -1.96. The molecule has 0 radical (unpaired) electrons. The Morgan fingerprint density at radius 1 is 1.31 bits per heavy atom. The minimum Gasteiger partial charge on any atom is -0.347 e. The normalized spacial score (nSPS) is 10.6. The van der Waals surface area contributed by atoms with Gasteiger partial charge in [-0.2, -0.15) is 0 Å². The van der Waals surface area contributed by atoms with Crippen LogP contribution in [0.15, 0.2) is 24.3 Å². The van der Waals surface area contributed by atoms with E-state index in [9.17, 15) is 0 Å². The molecular weight excluding hydrogens is 178 g/mol. The van der Waals surface area contributed by atoms with E-state index >= 15 is 0 Å². The highest BCUT2D eigenvalue weighted by atomic mass is 32.1. The first kappa shape index (κ1) is 8.45. The van der Waals surface area contributed by atoms with Crippen molar-refractivity contribution in [3.8, 4) is 0 Å². The van der Waals surface area contributed by atoms with E-state index in [-0.39, 0.29) is 0 Å². The molecule has 2 rings (SSSR count). The maximum Gasteiger partial charge on any atom is 0.0486 e. The molecule has 1 aromatic carbocycles. The topological polar surface area (TPSA) is 4.93 Å². The lowest BCUT2D eigenvalue weighted by molar-refractivity contribution is 0.917. The zero-order valence-electron chi connectivity index (χ0n) is 7.74. The van der Waals surface area contributed by atoms with Crippen LogP contribution in [-0.4, -0.2) is 9.93 Å². The van der Waals surface area contributed by atoms with Crippen LogP contribution in [0.3, 0.4) is 0 Å². The Labute approximate surface area is 83.0 Å². The molecule has 0 aliphatic heterocycles. The number of nitrogens with zero attached hydrogens (tertiary/aromatic N) is 1. The Morgan fingerprint density at radius 3 is 2.69 bits per heavy atom. The molecule has 0 spiro atoms. The minimum atomic E-state index is 1.17. The van der Waals surface area contributed by atoms with Crippen molar-refractivity contribution >= 4 is 28.5 Å². The molecule has 0 bridgehead atoms. The molecule has 0 unspecified atom stereocenters. The molecule has 13 heavy (non-hydrogen) atoms. The second kappa shape index (κ2) is 2.96. The summed E-state index contributed by atoms with van der Waals surface area (Å²) in [6.45, 7) is 2.10. The van der Waals surface area contributed by atoms with Gasteiger partial charge in [-0.1, -0.05) is 30.4 Å². The third-order valence-corrected chi connectivity index (χ3v) is 2.80. The Bertz CT molecular complexity index is 468. The Morgan fingerprint density at radius 2 is 2.00 bits per heavy atom. The van der Waals surface area contributed by atoms with Gasteiger partial charge in [0.05, 0.1) is 0 Å². The summed E-state index contributed by atoms with van der Waals surface area (Å²) in [5.41, 5.74) is 3.65. The van der Waals surface area contributed by atoms with Crippen LogP contribution in [0.25, 0.3) is 10.9 Å². The van der Waals surface area contributed by atoms with Crippen LogP contribution in [0.2, 0.25) is 0 Å². The molecule has 0 N–H and O–H groups in total. The standard InChI is InChI=1S/C11H11NS/c1-8-10(7-13)9-5-3-4-6-11(9)12(8)2/h3-7H,1-2H3. The van der Waals surface area contributed by atoms with E-state index in [1.807, 2.05) is 6.07 Å². The Balaban J connectivity index is 2.98. The number of hydrogen-bond donors (Lipinski definition) is 0. The number of benzene rings is 1. The molecule has 0 amide bonds. The summed E-state index contributed by atoms with van der Waals surface area (Å²) < 4.78 is 2.17. The molecule has 1 nitrogen and oxygen atoms in total. The van der Waals surface area contributed by atoms with Crippen LogP contribution in [-0.2, 0) is 7.05 Å². The molecule has 1 aromatic heterocycles. The van der Waals surface area contributed by atoms with Crippen molar-refractivity contribution < 1.29 is 0 Å². The zero-order valence-corrected chi connectivity index (χ0v) is 8.56. The van der Waals surface area contributed by atoms with E-state index < -0.39 is 0 Å². The van der Waals surface area contributed by atoms with Crippen molar-refractivity contribution in [2.24, 2.45) is 7.05 Å². The monoisotopic (exact) mass is 189 g/mol. The van der Waals surface area contributed by atoms with Gasteiger partial charge in [-0.25, -0.2) is 0 Å². The fraction of sp³-hybridized carbons (Fsp3) is 0.182. The summed E-state index contributed by atoms with van der Waals surface area (Å²) in [7, 11) is 2.07. The van der Waals surface area contributed by atoms with E-state index in [0.717, 1.165) is 0 Å². The average molecular weight is 189 g/mol. The summed E-state index contributed by atoms with van der Waals surface area (Å²) >= 11 is 5.01. The van der Waals surface area contributed by atoms with Gasteiger partial charge in [-0.05, 0) is 13.0 Å². The van der Waals surface area contributed by atoms with Gasteiger partial charge in [-0.15, -0.1) is 0 Å². The molecular formula is C11H11NS. The Kier molecular flexibility index (Phi) is 1.93. The lowest BCUT2D eigenvalue weighted by atomic mass is 10.2. The molecule has 2 aromatic rings. The number of aromatic nitrogens is 1. The molecule has 0 aliphatic carbocycles. The summed E-state index contributed by atoms with van der Waals surface area (Å²) in [6.07, 6.45) is 0. The Hall–Kier alpha value is -1.15. The molecule has 0 aliphatic rings. The van der Waals surface area contributed by atoms with Crippen LogP contribution in [0, 0.1) is 6.92 Å². The van der Waals surface area contributed by atoms with Crippen molar-refractivity contribution in [1.82, 2.24) is 4.57 Å². The van der Waals surface area contributed by atoms with Gasteiger partial charge in [0.2, 0.25) is 0 Å². The second-order valence-corrected chi connectivity index (χ2v) is 3.43. The van der Waals surface area contributed by atoms with Crippen molar-refractivity contribution in [1.29, 1.82) is 0 Å². The number of rotatable bonds is 1. The SMILES string of the molecule is Cc1c(C=S)c2ccccc2n1C. The van der Waals surface area contributed by atoms with Gasteiger partial charge in [0.1, 0.15) is 0 Å². The molecule has 2 heteroatoms. The second-order valence-electron chi connectivity index (χ2n) is 3.19. The maximum atomic E-state index is 5.01. The lowest BCUT2D eigenvalue weighted by Crippen LogP contribution is -1.90. The van der Waals surface area contributed by atoms with E-state index in [4.69, 9.17) is 12.2 Å². The predicted molar refractivity (Wildman–Crippen MR) is 60.4 cm³/mol. The van der Waals surface area contributed by atoms with Gasteiger partial charge >= 0.3 is 0 Å². The quantitative estimate of drug-likeness (QED) is 0.624. The van der Waals surface area contributed by atoms with Gasteiger partial charge in [0, 0.05) is 34.6 Å². The predicted octanol–water partition coefficient (Wildman–Crippen LogP) is 2.83.